The summed E-state index contributed by atoms with van der Waals surface area (Å²) < 4.78 is 0. The summed E-state index contributed by atoms with van der Waals surface area (Å²) >= 11 is 0. The van der Waals surface area contributed by atoms with E-state index in [-0.39, 0.29) is 0 Å². The predicted molar refractivity (Wildman–Crippen MR) is 54.8 cm³/mol. The zero-order valence-corrected chi connectivity index (χ0v) is 8.59. The highest BCUT2D eigenvalue weighted by Crippen LogP contribution is 2.08. The normalized spacial score (nSPS) is 10.1. The lowest BCUT2D eigenvalue weighted by Crippen LogP contribution is -2.02. The minimum atomic E-state index is 0.948. The fourth-order valence-electron chi connectivity index (χ4n) is 1.24. The number of rotatable bonds is 3. The van der Waals surface area contributed by atoms with Crippen LogP contribution in [-0.4, -0.2) is 9.97 Å². The van der Waals surface area contributed by atoms with Gasteiger partial charge in [-0.2, -0.15) is 0 Å². The summed E-state index contributed by atoms with van der Waals surface area (Å²) in [5.74, 6) is 0. The molecule has 1 rings (SSSR count). The Morgan fingerprint density at radius 2 is 1.69 bits per heavy atom. The monoisotopic (exact) mass is 176 g/mol. The Morgan fingerprint density at radius 1 is 1.08 bits per heavy atom. The molecular weight excluding hydrogens is 160 g/mol. The molecule has 0 N–H and O–H groups in total. The van der Waals surface area contributed by atoms with Gasteiger partial charge in [-0.3, -0.25) is 9.97 Å². The lowest BCUT2D eigenvalue weighted by molar-refractivity contribution is 0.866. The number of nitrogens with zero attached hydrogens (tertiary/aromatic N) is 2. The maximum absolute atomic E-state index is 4.50. The Balaban J connectivity index is 2.94. The first-order chi connectivity index (χ1) is 6.15. The summed E-state index contributed by atoms with van der Waals surface area (Å²) in [7, 11) is 0. The predicted octanol–water partition coefficient (Wildman–Crippen LogP) is 2.52. The lowest BCUT2D eigenvalue weighted by atomic mass is 10.2. The van der Waals surface area contributed by atoms with Gasteiger partial charge in [-0.25, -0.2) is 0 Å². The molecule has 0 unspecified atom stereocenters. The van der Waals surface area contributed by atoms with E-state index in [1.54, 1.807) is 0 Å². The third-order valence-electron chi connectivity index (χ3n) is 2.16. The Morgan fingerprint density at radius 3 is 2.31 bits per heavy atom. The summed E-state index contributed by atoms with van der Waals surface area (Å²) in [6.45, 7) is 9.70. The van der Waals surface area contributed by atoms with E-state index in [1.807, 2.05) is 26.8 Å². The standard InChI is InChI=1S/C11H16N2/c1-5-6-7-11-10(4)12-8(2)9(3)13-11/h5H,1,6-7H2,2-4H3. The molecule has 0 aliphatic rings. The van der Waals surface area contributed by atoms with E-state index in [2.05, 4.69) is 16.5 Å². The Hall–Kier alpha value is -1.18. The van der Waals surface area contributed by atoms with Crippen molar-refractivity contribution in [1.29, 1.82) is 0 Å². The Labute approximate surface area is 79.7 Å². The van der Waals surface area contributed by atoms with Gasteiger partial charge in [-0.15, -0.1) is 6.58 Å². The molecule has 0 radical (unpaired) electrons. The maximum Gasteiger partial charge on any atom is 0.0622 e. The van der Waals surface area contributed by atoms with E-state index in [9.17, 15) is 0 Å². The largest absolute Gasteiger partial charge is 0.255 e. The van der Waals surface area contributed by atoms with Crippen molar-refractivity contribution in [1.82, 2.24) is 9.97 Å². The minimum Gasteiger partial charge on any atom is -0.255 e. The van der Waals surface area contributed by atoms with Crippen molar-refractivity contribution in [3.8, 4) is 0 Å². The van der Waals surface area contributed by atoms with Crippen LogP contribution in [0.5, 0.6) is 0 Å². The fourth-order valence-corrected chi connectivity index (χ4v) is 1.24. The van der Waals surface area contributed by atoms with Crippen LogP contribution in [0, 0.1) is 20.8 Å². The molecule has 2 nitrogen and oxygen atoms in total. The van der Waals surface area contributed by atoms with Crippen LogP contribution in [0.1, 0.15) is 29.2 Å². The molecule has 13 heavy (non-hydrogen) atoms. The molecule has 0 atom stereocenters. The van der Waals surface area contributed by atoms with E-state index >= 15 is 0 Å². The SMILES string of the molecule is C=CCCc1nc(C)c(C)nc1C. The van der Waals surface area contributed by atoms with Gasteiger partial charge >= 0.3 is 0 Å². The van der Waals surface area contributed by atoms with Crippen molar-refractivity contribution in [3.05, 3.63) is 35.4 Å². The summed E-state index contributed by atoms with van der Waals surface area (Å²) in [6.07, 6.45) is 3.83. The molecule has 70 valence electrons. The van der Waals surface area contributed by atoms with Crippen LogP contribution in [0.25, 0.3) is 0 Å². The van der Waals surface area contributed by atoms with Gasteiger partial charge in [0.25, 0.3) is 0 Å². The van der Waals surface area contributed by atoms with Crippen molar-refractivity contribution in [2.75, 3.05) is 0 Å². The second-order valence-electron chi connectivity index (χ2n) is 3.25. The van der Waals surface area contributed by atoms with Crippen LogP contribution in [0.3, 0.4) is 0 Å². The van der Waals surface area contributed by atoms with E-state index < -0.39 is 0 Å². The quantitative estimate of drug-likeness (QED) is 0.661. The molecule has 0 spiro atoms. The second kappa shape index (κ2) is 4.17. The second-order valence-corrected chi connectivity index (χ2v) is 3.25. The van der Waals surface area contributed by atoms with Crippen LogP contribution in [0.15, 0.2) is 12.7 Å². The summed E-state index contributed by atoms with van der Waals surface area (Å²) in [6, 6.07) is 0. The maximum atomic E-state index is 4.50. The van der Waals surface area contributed by atoms with Gasteiger partial charge < -0.3 is 0 Å². The Kier molecular flexibility index (Phi) is 3.18. The molecule has 2 heteroatoms. The average Bonchev–Trinajstić information content (AvgIpc) is 2.09. The zero-order valence-electron chi connectivity index (χ0n) is 8.59. The van der Waals surface area contributed by atoms with Gasteiger partial charge in [0, 0.05) is 0 Å². The summed E-state index contributed by atoms with van der Waals surface area (Å²) in [4.78, 5) is 8.93. The van der Waals surface area contributed by atoms with Crippen LogP contribution in [-0.2, 0) is 6.42 Å². The van der Waals surface area contributed by atoms with Crippen molar-refractivity contribution >= 4 is 0 Å². The van der Waals surface area contributed by atoms with Crippen molar-refractivity contribution in [2.24, 2.45) is 0 Å². The zero-order chi connectivity index (χ0) is 9.84. The third-order valence-corrected chi connectivity index (χ3v) is 2.16. The number of hydrogen-bond donors (Lipinski definition) is 0. The van der Waals surface area contributed by atoms with Crippen molar-refractivity contribution in [2.45, 2.75) is 33.6 Å². The smallest absolute Gasteiger partial charge is 0.0622 e. The summed E-state index contributed by atoms with van der Waals surface area (Å²) in [5, 5.41) is 0. The first-order valence-corrected chi connectivity index (χ1v) is 4.56. The van der Waals surface area contributed by atoms with E-state index in [1.165, 1.54) is 0 Å². The Bertz CT molecular complexity index is 316. The molecule has 0 aliphatic heterocycles. The summed E-state index contributed by atoms with van der Waals surface area (Å²) in [5.41, 5.74) is 4.21. The van der Waals surface area contributed by atoms with Gasteiger partial charge in [0.15, 0.2) is 0 Å². The number of aryl methyl sites for hydroxylation is 4. The topological polar surface area (TPSA) is 25.8 Å². The molecular formula is C11H16N2. The van der Waals surface area contributed by atoms with E-state index in [0.29, 0.717) is 0 Å². The van der Waals surface area contributed by atoms with Crippen LogP contribution < -0.4 is 0 Å². The molecule has 0 saturated heterocycles. The van der Waals surface area contributed by atoms with Crippen molar-refractivity contribution < 1.29 is 0 Å². The molecule has 0 aromatic carbocycles. The lowest BCUT2D eigenvalue weighted by Gasteiger charge is -2.06. The minimum absolute atomic E-state index is 0.948. The molecule has 0 fully saturated rings. The fraction of sp³-hybridized carbons (Fsp3) is 0.455. The molecule has 1 aromatic heterocycles. The van der Waals surface area contributed by atoms with Gasteiger partial charge in [0.05, 0.1) is 22.8 Å². The van der Waals surface area contributed by atoms with E-state index in [4.69, 9.17) is 0 Å². The highest BCUT2D eigenvalue weighted by molar-refractivity contribution is 5.18. The number of allylic oxidation sites excluding steroid dienone is 1. The van der Waals surface area contributed by atoms with E-state index in [0.717, 1.165) is 35.6 Å². The van der Waals surface area contributed by atoms with Gasteiger partial charge in [-0.1, -0.05) is 6.08 Å². The molecule has 0 amide bonds. The van der Waals surface area contributed by atoms with Crippen LogP contribution in [0.4, 0.5) is 0 Å². The van der Waals surface area contributed by atoms with Gasteiger partial charge in [0.2, 0.25) is 0 Å². The third kappa shape index (κ3) is 2.38. The number of aromatic nitrogens is 2. The molecule has 0 saturated carbocycles. The highest BCUT2D eigenvalue weighted by atomic mass is 14.8. The van der Waals surface area contributed by atoms with Gasteiger partial charge in [-0.05, 0) is 33.6 Å². The van der Waals surface area contributed by atoms with Crippen LogP contribution >= 0.6 is 0 Å². The first-order valence-electron chi connectivity index (χ1n) is 4.56. The van der Waals surface area contributed by atoms with Gasteiger partial charge in [0.1, 0.15) is 0 Å². The molecule has 1 aromatic rings. The first kappa shape index (κ1) is 9.90. The van der Waals surface area contributed by atoms with Crippen LogP contribution in [0.2, 0.25) is 0 Å². The van der Waals surface area contributed by atoms with Crippen molar-refractivity contribution in [3.63, 3.8) is 0 Å². The molecule has 1 heterocycles. The number of hydrogen-bond acceptors (Lipinski definition) is 2. The average molecular weight is 176 g/mol. The molecule has 0 bridgehead atoms. The highest BCUT2D eigenvalue weighted by Gasteiger charge is 2.03. The molecule has 0 aliphatic carbocycles.